The number of anilines is 2. The van der Waals surface area contributed by atoms with Gasteiger partial charge in [0.05, 0.1) is 0 Å². The Kier molecular flexibility index (Phi) is 10.6. The minimum Gasteiger partial charge on any atom is -0.374 e. The van der Waals surface area contributed by atoms with Gasteiger partial charge in [0, 0.05) is 44.0 Å². The van der Waals surface area contributed by atoms with Crippen LogP contribution in [-0.2, 0) is 9.59 Å². The maximum absolute atomic E-state index is 11.8. The molecule has 28 heavy (non-hydrogen) atoms. The number of amides is 2. The zero-order valence-corrected chi connectivity index (χ0v) is 17.7. The van der Waals surface area contributed by atoms with E-state index in [4.69, 9.17) is 5.73 Å². The summed E-state index contributed by atoms with van der Waals surface area (Å²) in [6.07, 6.45) is 3.20. The second-order valence-electron chi connectivity index (χ2n) is 7.02. The molecule has 1 aromatic carbocycles. The summed E-state index contributed by atoms with van der Waals surface area (Å²) in [6, 6.07) is 7.87. The molecule has 0 saturated carbocycles. The lowest BCUT2D eigenvalue weighted by Gasteiger charge is -2.36. The molecule has 2 aliphatic heterocycles. The average molecular weight is 432 g/mol. The molecule has 0 bridgehead atoms. The molecule has 9 heteroatoms. The number of piperidine rings is 1. The minimum absolute atomic E-state index is 0. The molecule has 158 valence electrons. The van der Waals surface area contributed by atoms with Crippen LogP contribution < -0.4 is 21.3 Å². The van der Waals surface area contributed by atoms with Crippen LogP contribution in [0.25, 0.3) is 0 Å². The van der Waals surface area contributed by atoms with Crippen LogP contribution in [0.3, 0.4) is 0 Å². The molecular formula is C19H31Cl2N5O2. The molecule has 0 aromatic heterocycles. The second kappa shape index (κ2) is 12.1. The number of rotatable bonds is 7. The number of hydrogen-bond acceptors (Lipinski definition) is 6. The van der Waals surface area contributed by atoms with Crippen LogP contribution in [0.1, 0.15) is 25.7 Å². The largest absolute Gasteiger partial charge is 0.374 e. The first-order chi connectivity index (χ1) is 12.7. The van der Waals surface area contributed by atoms with E-state index in [1.165, 1.54) is 12.1 Å². The number of halogens is 2. The Hall–Kier alpha value is -1.54. The van der Waals surface area contributed by atoms with Crippen molar-refractivity contribution in [3.05, 3.63) is 24.3 Å². The summed E-state index contributed by atoms with van der Waals surface area (Å²) in [7, 11) is 0. The number of piperazine rings is 1. The fourth-order valence-corrected chi connectivity index (χ4v) is 3.51. The number of carbonyl (C=O) groups is 2. The van der Waals surface area contributed by atoms with Gasteiger partial charge in [-0.25, -0.2) is 0 Å². The first-order valence-electron chi connectivity index (χ1n) is 9.53. The molecule has 0 spiro atoms. The van der Waals surface area contributed by atoms with E-state index in [9.17, 15) is 9.59 Å². The Morgan fingerprint density at radius 1 is 1.04 bits per heavy atom. The van der Waals surface area contributed by atoms with Gasteiger partial charge in [-0.05, 0) is 56.6 Å². The van der Waals surface area contributed by atoms with Gasteiger partial charge in [-0.1, -0.05) is 0 Å². The summed E-state index contributed by atoms with van der Waals surface area (Å²) in [5.41, 5.74) is 7.67. The molecule has 2 fully saturated rings. The highest BCUT2D eigenvalue weighted by Gasteiger charge is 2.26. The topological polar surface area (TPSA) is 90.7 Å². The van der Waals surface area contributed by atoms with Gasteiger partial charge in [-0.2, -0.15) is 0 Å². The van der Waals surface area contributed by atoms with Crippen molar-refractivity contribution in [1.82, 2.24) is 10.2 Å². The molecule has 2 heterocycles. The van der Waals surface area contributed by atoms with Crippen molar-refractivity contribution in [3.63, 3.8) is 0 Å². The summed E-state index contributed by atoms with van der Waals surface area (Å²) in [6.45, 7) is 6.14. The third-order valence-corrected chi connectivity index (χ3v) is 5.11. The molecule has 0 aliphatic carbocycles. The highest BCUT2D eigenvalue weighted by molar-refractivity contribution is 6.01. The third-order valence-electron chi connectivity index (χ3n) is 5.11. The van der Waals surface area contributed by atoms with E-state index in [0.29, 0.717) is 12.8 Å². The lowest BCUT2D eigenvalue weighted by molar-refractivity contribution is -0.133. The van der Waals surface area contributed by atoms with Crippen molar-refractivity contribution in [2.45, 2.75) is 31.7 Å². The Labute approximate surface area is 179 Å². The van der Waals surface area contributed by atoms with E-state index < -0.39 is 0 Å². The van der Waals surface area contributed by atoms with Gasteiger partial charge in [0.1, 0.15) is 6.04 Å². The zero-order valence-electron chi connectivity index (χ0n) is 16.1. The standard InChI is InChI=1S/C19H29N5O2.2ClH/c20-9-1-2-10-23-11-13-24(14-12-23)16-5-3-15(4-6-16)21-17-7-8-18(25)22-19(17)26;;/h3-6,17,21H,1-2,7-14,20H2,(H,22,25,26);2*1H. The Bertz CT molecular complexity index is 621. The maximum atomic E-state index is 11.8. The van der Waals surface area contributed by atoms with E-state index >= 15 is 0 Å². The van der Waals surface area contributed by atoms with Crippen molar-refractivity contribution in [1.29, 1.82) is 0 Å². The van der Waals surface area contributed by atoms with Crippen molar-refractivity contribution < 1.29 is 9.59 Å². The van der Waals surface area contributed by atoms with E-state index in [1.807, 2.05) is 12.1 Å². The van der Waals surface area contributed by atoms with Crippen molar-refractivity contribution in [2.75, 3.05) is 49.5 Å². The quantitative estimate of drug-likeness (QED) is 0.448. The average Bonchev–Trinajstić information content (AvgIpc) is 2.65. The molecule has 4 N–H and O–H groups in total. The van der Waals surface area contributed by atoms with Gasteiger partial charge < -0.3 is 16.0 Å². The van der Waals surface area contributed by atoms with Gasteiger partial charge in [0.15, 0.2) is 0 Å². The molecule has 2 amide bonds. The Balaban J connectivity index is 0.00000196. The summed E-state index contributed by atoms with van der Waals surface area (Å²) in [5.74, 6) is -0.429. The lowest BCUT2D eigenvalue weighted by Crippen LogP contribution is -2.47. The third kappa shape index (κ3) is 6.81. The second-order valence-corrected chi connectivity index (χ2v) is 7.02. The summed E-state index contributed by atoms with van der Waals surface area (Å²) < 4.78 is 0. The summed E-state index contributed by atoms with van der Waals surface area (Å²) in [5, 5.41) is 5.59. The lowest BCUT2D eigenvalue weighted by atomic mass is 10.1. The van der Waals surface area contributed by atoms with Gasteiger partial charge in [0.25, 0.3) is 0 Å². The molecule has 7 nitrogen and oxygen atoms in total. The number of nitrogens with zero attached hydrogens (tertiary/aromatic N) is 2. The van der Waals surface area contributed by atoms with E-state index in [1.54, 1.807) is 0 Å². The van der Waals surface area contributed by atoms with E-state index in [0.717, 1.165) is 51.4 Å². The van der Waals surface area contributed by atoms with Crippen LogP contribution in [0.4, 0.5) is 11.4 Å². The minimum atomic E-state index is -0.337. The number of hydrogen-bond donors (Lipinski definition) is 3. The Morgan fingerprint density at radius 2 is 1.71 bits per heavy atom. The maximum Gasteiger partial charge on any atom is 0.249 e. The highest BCUT2D eigenvalue weighted by Crippen LogP contribution is 2.21. The molecular weight excluding hydrogens is 401 g/mol. The number of benzene rings is 1. The molecule has 1 aromatic rings. The predicted molar refractivity (Wildman–Crippen MR) is 118 cm³/mol. The number of carbonyl (C=O) groups excluding carboxylic acids is 2. The number of imide groups is 1. The van der Waals surface area contributed by atoms with Crippen LogP contribution in [0.2, 0.25) is 0 Å². The zero-order chi connectivity index (χ0) is 18.4. The van der Waals surface area contributed by atoms with Crippen molar-refractivity contribution in [3.8, 4) is 0 Å². The smallest absolute Gasteiger partial charge is 0.249 e. The van der Waals surface area contributed by atoms with Crippen LogP contribution in [0.5, 0.6) is 0 Å². The Morgan fingerprint density at radius 3 is 2.32 bits per heavy atom. The van der Waals surface area contributed by atoms with Crippen LogP contribution in [0, 0.1) is 0 Å². The fourth-order valence-electron chi connectivity index (χ4n) is 3.51. The van der Waals surface area contributed by atoms with E-state index in [-0.39, 0.29) is 42.7 Å². The molecule has 3 rings (SSSR count). The predicted octanol–water partition coefficient (Wildman–Crippen LogP) is 1.61. The van der Waals surface area contributed by atoms with Gasteiger partial charge in [0.2, 0.25) is 11.8 Å². The fraction of sp³-hybridized carbons (Fsp3) is 0.579. The van der Waals surface area contributed by atoms with Crippen LogP contribution in [-0.4, -0.2) is 62.0 Å². The highest BCUT2D eigenvalue weighted by atomic mass is 35.5. The van der Waals surface area contributed by atoms with Crippen molar-refractivity contribution >= 4 is 48.0 Å². The SMILES string of the molecule is Cl.Cl.NCCCCN1CCN(c2ccc(NC3CCC(=O)NC3=O)cc2)CC1. The molecule has 2 saturated heterocycles. The van der Waals surface area contributed by atoms with Gasteiger partial charge >= 0.3 is 0 Å². The van der Waals surface area contributed by atoms with Crippen LogP contribution >= 0.6 is 24.8 Å². The monoisotopic (exact) mass is 431 g/mol. The first kappa shape index (κ1) is 24.5. The van der Waals surface area contributed by atoms with Gasteiger partial charge in [-0.3, -0.25) is 19.8 Å². The molecule has 0 radical (unpaired) electrons. The molecule has 1 atom stereocenters. The molecule has 2 aliphatic rings. The van der Waals surface area contributed by atoms with Crippen molar-refractivity contribution in [2.24, 2.45) is 5.73 Å². The van der Waals surface area contributed by atoms with E-state index in [2.05, 4.69) is 32.6 Å². The summed E-state index contributed by atoms with van der Waals surface area (Å²) >= 11 is 0. The number of unbranched alkanes of at least 4 members (excludes halogenated alkanes) is 1. The normalized spacial score (nSPS) is 20.0. The number of nitrogens with one attached hydrogen (secondary N) is 2. The van der Waals surface area contributed by atoms with Crippen LogP contribution in [0.15, 0.2) is 24.3 Å². The van der Waals surface area contributed by atoms with Gasteiger partial charge in [-0.15, -0.1) is 24.8 Å². The summed E-state index contributed by atoms with van der Waals surface area (Å²) in [4.78, 5) is 28.0. The number of nitrogens with two attached hydrogens (primary N) is 1. The molecule has 1 unspecified atom stereocenters. The first-order valence-corrected chi connectivity index (χ1v) is 9.53.